The zero-order valence-electron chi connectivity index (χ0n) is 23.6. The predicted molar refractivity (Wildman–Crippen MR) is 142 cm³/mol. The van der Waals surface area contributed by atoms with Crippen LogP contribution in [0.15, 0.2) is 45.1 Å². The van der Waals surface area contributed by atoms with Crippen LogP contribution in [0.25, 0.3) is 0 Å². The van der Waals surface area contributed by atoms with Gasteiger partial charge in [0.25, 0.3) is 0 Å². The molecule has 1 aromatic rings. The van der Waals surface area contributed by atoms with Gasteiger partial charge in [0.2, 0.25) is 0 Å². The Morgan fingerprint density at radius 2 is 1.78 bits per heavy atom. The fourth-order valence-electron chi connectivity index (χ4n) is 8.06. The van der Waals surface area contributed by atoms with Crippen LogP contribution in [-0.2, 0) is 19.9 Å². The van der Waals surface area contributed by atoms with Gasteiger partial charge in [-0.25, -0.2) is 4.79 Å². The summed E-state index contributed by atoms with van der Waals surface area (Å²) in [5, 5.41) is 12.1. The molecule has 0 spiro atoms. The molecule has 0 amide bonds. The molecule has 6 atom stereocenters. The lowest BCUT2D eigenvalue weighted by atomic mass is 9.42. The smallest absolute Gasteiger partial charge is 0.338 e. The average molecular weight is 511 g/mol. The quantitative estimate of drug-likeness (QED) is 0.530. The molecular weight excluding hydrogens is 468 g/mol. The summed E-state index contributed by atoms with van der Waals surface area (Å²) in [6.45, 7) is 13.7. The lowest BCUT2D eigenvalue weighted by Crippen LogP contribution is -2.60. The molecule has 0 bridgehead atoms. The number of aliphatic hydroxyl groups is 1. The van der Waals surface area contributed by atoms with Crippen molar-refractivity contribution in [1.82, 2.24) is 0 Å². The first-order chi connectivity index (χ1) is 17.1. The van der Waals surface area contributed by atoms with E-state index >= 15 is 0 Å². The molecular formula is C31H42O6. The van der Waals surface area contributed by atoms with Gasteiger partial charge in [0.05, 0.1) is 0 Å². The highest BCUT2D eigenvalue weighted by Gasteiger charge is 2.71. The van der Waals surface area contributed by atoms with Crippen LogP contribution >= 0.6 is 0 Å². The first-order valence-electron chi connectivity index (χ1n) is 13.4. The molecule has 0 saturated heterocycles. The van der Waals surface area contributed by atoms with E-state index in [1.54, 1.807) is 44.2 Å². The number of hydrogen-bond acceptors (Lipinski definition) is 6. The Balaban J connectivity index is 1.67. The normalized spacial score (nSPS) is 37.4. The maximum Gasteiger partial charge on any atom is 0.338 e. The maximum atomic E-state index is 13.6. The molecule has 4 rings (SSSR count). The lowest BCUT2D eigenvalue weighted by molar-refractivity contribution is -0.171. The SMILES string of the molecule is COC(C)(C=CC=C(C)C1(O)C(=O)CC2C3(C)CCC(=O)C(C)(C)C3CCC21C)c1ccc(C)c(=O)o1. The average Bonchev–Trinajstić information content (AvgIpc) is 3.06. The van der Waals surface area contributed by atoms with Gasteiger partial charge in [0.1, 0.15) is 22.7 Å². The van der Waals surface area contributed by atoms with Crippen LogP contribution in [0.2, 0.25) is 0 Å². The van der Waals surface area contributed by atoms with E-state index in [-0.39, 0.29) is 23.0 Å². The predicted octanol–water partition coefficient (Wildman–Crippen LogP) is 5.44. The molecule has 37 heavy (non-hydrogen) atoms. The van der Waals surface area contributed by atoms with Gasteiger partial charge < -0.3 is 14.3 Å². The summed E-state index contributed by atoms with van der Waals surface area (Å²) in [6, 6.07) is 3.42. The number of allylic oxidation sites excluding steroid dienone is 2. The van der Waals surface area contributed by atoms with Crippen LogP contribution in [0, 0.1) is 35.0 Å². The van der Waals surface area contributed by atoms with Crippen molar-refractivity contribution in [3.8, 4) is 0 Å². The molecule has 0 aromatic carbocycles. The highest BCUT2D eigenvalue weighted by Crippen LogP contribution is 2.70. The molecule has 3 aliphatic rings. The van der Waals surface area contributed by atoms with Crippen LogP contribution < -0.4 is 5.63 Å². The van der Waals surface area contributed by atoms with Crippen molar-refractivity contribution in [1.29, 1.82) is 0 Å². The van der Waals surface area contributed by atoms with Gasteiger partial charge in [-0.05, 0) is 81.1 Å². The number of rotatable bonds is 5. The molecule has 1 heterocycles. The molecule has 202 valence electrons. The maximum absolute atomic E-state index is 13.6. The fraction of sp³-hybridized carbons (Fsp3) is 0.645. The Morgan fingerprint density at radius 1 is 1.11 bits per heavy atom. The fourth-order valence-corrected chi connectivity index (χ4v) is 8.06. The van der Waals surface area contributed by atoms with Crippen LogP contribution in [0.1, 0.15) is 85.0 Å². The Bertz CT molecular complexity index is 1240. The molecule has 0 aliphatic heterocycles. The van der Waals surface area contributed by atoms with Crippen molar-refractivity contribution < 1.29 is 23.8 Å². The van der Waals surface area contributed by atoms with Gasteiger partial charge in [-0.15, -0.1) is 0 Å². The number of carbonyl (C=O) groups excluding carboxylic acids is 2. The molecule has 6 nitrogen and oxygen atoms in total. The van der Waals surface area contributed by atoms with Crippen molar-refractivity contribution in [3.63, 3.8) is 0 Å². The molecule has 3 saturated carbocycles. The van der Waals surface area contributed by atoms with E-state index in [9.17, 15) is 19.5 Å². The second-order valence-corrected chi connectivity index (χ2v) is 12.8. The molecule has 1 aromatic heterocycles. The molecule has 0 radical (unpaired) electrons. The number of methoxy groups -OCH3 is 1. The second kappa shape index (κ2) is 8.88. The van der Waals surface area contributed by atoms with Gasteiger partial charge in [0.15, 0.2) is 5.78 Å². The zero-order valence-corrected chi connectivity index (χ0v) is 23.6. The van der Waals surface area contributed by atoms with Crippen molar-refractivity contribution in [3.05, 3.63) is 57.7 Å². The molecule has 1 N–H and O–H groups in total. The van der Waals surface area contributed by atoms with Gasteiger partial charge in [-0.3, -0.25) is 9.59 Å². The van der Waals surface area contributed by atoms with Crippen molar-refractivity contribution in [2.45, 2.75) is 91.8 Å². The van der Waals surface area contributed by atoms with Crippen LogP contribution in [0.4, 0.5) is 0 Å². The number of hydrogen-bond donors (Lipinski definition) is 1. The largest absolute Gasteiger partial charge is 0.424 e. The molecule has 6 heteroatoms. The van der Waals surface area contributed by atoms with E-state index in [0.717, 1.165) is 12.8 Å². The number of ketones is 2. The van der Waals surface area contributed by atoms with Gasteiger partial charge >= 0.3 is 5.63 Å². The lowest BCUT2D eigenvalue weighted by Gasteiger charge is -2.61. The minimum Gasteiger partial charge on any atom is -0.424 e. The van der Waals surface area contributed by atoms with Crippen molar-refractivity contribution in [2.24, 2.45) is 28.1 Å². The minimum atomic E-state index is -1.58. The summed E-state index contributed by atoms with van der Waals surface area (Å²) in [7, 11) is 1.54. The zero-order chi connectivity index (χ0) is 27.6. The van der Waals surface area contributed by atoms with Crippen molar-refractivity contribution in [2.75, 3.05) is 7.11 Å². The number of aryl methyl sites for hydroxylation is 1. The summed E-state index contributed by atoms with van der Waals surface area (Å²) in [6.07, 6.45) is 8.42. The summed E-state index contributed by atoms with van der Waals surface area (Å²) >= 11 is 0. The van der Waals surface area contributed by atoms with E-state index < -0.39 is 27.7 Å². The van der Waals surface area contributed by atoms with E-state index in [4.69, 9.17) is 9.15 Å². The number of carbonyl (C=O) groups is 2. The first kappa shape index (κ1) is 27.7. The van der Waals surface area contributed by atoms with Crippen molar-refractivity contribution >= 4 is 11.6 Å². The Kier molecular flexibility index (Phi) is 6.65. The van der Waals surface area contributed by atoms with E-state index in [1.807, 2.05) is 6.92 Å². The van der Waals surface area contributed by atoms with Crippen LogP contribution in [0.5, 0.6) is 0 Å². The molecule has 3 fully saturated rings. The first-order valence-corrected chi connectivity index (χ1v) is 13.4. The number of Topliss-reactive ketones (excluding diaryl/α,β-unsaturated/α-hetero) is 2. The van der Waals surface area contributed by atoms with Gasteiger partial charge in [-0.1, -0.05) is 39.8 Å². The molecule has 6 unspecified atom stereocenters. The third-order valence-electron chi connectivity index (χ3n) is 10.7. The monoisotopic (exact) mass is 510 g/mol. The van der Waals surface area contributed by atoms with Gasteiger partial charge in [0, 0.05) is 36.3 Å². The van der Waals surface area contributed by atoms with Gasteiger partial charge in [-0.2, -0.15) is 0 Å². The third-order valence-corrected chi connectivity index (χ3v) is 10.7. The summed E-state index contributed by atoms with van der Waals surface area (Å²) in [5.41, 5.74) is -3.10. The van der Waals surface area contributed by atoms with E-state index in [0.29, 0.717) is 41.9 Å². The topological polar surface area (TPSA) is 93.8 Å². The molecule has 3 aliphatic carbocycles. The summed E-state index contributed by atoms with van der Waals surface area (Å²) in [5.74, 6) is 0.742. The van der Waals surface area contributed by atoms with Crippen LogP contribution in [0.3, 0.4) is 0 Å². The Hall–Kier alpha value is -2.31. The summed E-state index contributed by atoms with van der Waals surface area (Å²) < 4.78 is 11.1. The Labute approximate surface area is 220 Å². The minimum absolute atomic E-state index is 0.00188. The second-order valence-electron chi connectivity index (χ2n) is 12.8. The standard InChI is InChI=1S/C31H42O6/c1-19-11-12-25(37-26(19)34)30(7,36-8)15-9-10-20(2)31(35)24(33)18-22-28(5)16-14-23(32)27(3,4)21(28)13-17-29(22,31)6/h9-12,15,21-22,35H,13-14,16-18H2,1-8H3. The number of ether oxygens (including phenoxy) is 1. The van der Waals surface area contributed by atoms with E-state index in [1.165, 1.54) is 7.11 Å². The Morgan fingerprint density at radius 3 is 2.41 bits per heavy atom. The third kappa shape index (κ3) is 3.85. The highest BCUT2D eigenvalue weighted by atomic mass is 16.5. The van der Waals surface area contributed by atoms with Crippen LogP contribution in [-0.4, -0.2) is 29.4 Å². The number of fused-ring (bicyclic) bond motifs is 3. The highest BCUT2D eigenvalue weighted by molar-refractivity contribution is 5.95. The summed E-state index contributed by atoms with van der Waals surface area (Å²) in [4.78, 5) is 38.4. The van der Waals surface area contributed by atoms with E-state index in [2.05, 4.69) is 27.7 Å².